The molecular weight excluding hydrogens is 671 g/mol. The Balaban J connectivity index is 1.57. The number of halogens is 2. The molecule has 8 nitrogen and oxygen atoms in total. The summed E-state index contributed by atoms with van der Waals surface area (Å²) in [5, 5.41) is 1.08. The van der Waals surface area contributed by atoms with Gasteiger partial charge in [-0.1, -0.05) is 77.0 Å². The molecule has 0 radical (unpaired) electrons. The second-order valence-corrected chi connectivity index (χ2v) is 12.5. The fourth-order valence-corrected chi connectivity index (χ4v) is 6.86. The molecule has 0 saturated heterocycles. The molecule has 4 aromatic carbocycles. The number of thiazole rings is 1. The fraction of sp³-hybridized carbons (Fsp3) is 0.162. The number of carbonyl (C=O) groups excluding carboxylic acids is 1. The Hall–Kier alpha value is -4.83. The maximum atomic E-state index is 14.5. The number of hydrogen-bond acceptors (Lipinski definition) is 8. The lowest BCUT2D eigenvalue weighted by Gasteiger charge is -2.27. The zero-order valence-electron chi connectivity index (χ0n) is 26.2. The Bertz CT molecular complexity index is 2210. The van der Waals surface area contributed by atoms with E-state index in [1.54, 1.807) is 62.6 Å². The number of rotatable bonds is 10. The molecular formula is C37H30Cl2N2O6S. The molecule has 48 heavy (non-hydrogen) atoms. The normalized spacial score (nSPS) is 14.3. The summed E-state index contributed by atoms with van der Waals surface area (Å²) in [5.41, 5.74) is 2.98. The van der Waals surface area contributed by atoms with Gasteiger partial charge in [-0.2, -0.15) is 0 Å². The van der Waals surface area contributed by atoms with Crippen molar-refractivity contribution in [1.82, 2.24) is 4.57 Å². The third kappa shape index (κ3) is 6.75. The van der Waals surface area contributed by atoms with E-state index in [2.05, 4.69) is 0 Å². The van der Waals surface area contributed by atoms with E-state index >= 15 is 0 Å². The van der Waals surface area contributed by atoms with Gasteiger partial charge in [-0.15, -0.1) is 0 Å². The molecule has 5 aromatic rings. The molecule has 0 bridgehead atoms. The van der Waals surface area contributed by atoms with E-state index in [0.717, 1.165) is 5.56 Å². The number of carbonyl (C=O) groups is 1. The second-order valence-electron chi connectivity index (χ2n) is 10.6. The van der Waals surface area contributed by atoms with Gasteiger partial charge in [0.25, 0.3) is 5.56 Å². The van der Waals surface area contributed by atoms with Crippen LogP contribution >= 0.6 is 34.5 Å². The number of benzene rings is 4. The van der Waals surface area contributed by atoms with Crippen molar-refractivity contribution in [2.45, 2.75) is 19.6 Å². The summed E-state index contributed by atoms with van der Waals surface area (Å²) in [6.07, 6.45) is 1.72. The van der Waals surface area contributed by atoms with E-state index in [-0.39, 0.29) is 24.3 Å². The average Bonchev–Trinajstić information content (AvgIpc) is 3.41. The molecule has 0 amide bonds. The number of esters is 1. The van der Waals surface area contributed by atoms with Crippen LogP contribution in [0.5, 0.6) is 17.2 Å². The van der Waals surface area contributed by atoms with Gasteiger partial charge in [0.2, 0.25) is 0 Å². The Morgan fingerprint density at radius 3 is 2.44 bits per heavy atom. The molecule has 2 heterocycles. The van der Waals surface area contributed by atoms with Crippen molar-refractivity contribution in [3.05, 3.63) is 149 Å². The summed E-state index contributed by atoms with van der Waals surface area (Å²) in [6.45, 7) is 2.12. The summed E-state index contributed by atoms with van der Waals surface area (Å²) in [6, 6.07) is 26.3. The highest BCUT2D eigenvalue weighted by molar-refractivity contribution is 7.07. The molecule has 0 saturated carbocycles. The van der Waals surface area contributed by atoms with Crippen LogP contribution in [0.3, 0.4) is 0 Å². The molecule has 0 fully saturated rings. The van der Waals surface area contributed by atoms with Crippen molar-refractivity contribution in [3.8, 4) is 17.2 Å². The van der Waals surface area contributed by atoms with Crippen LogP contribution in [0.4, 0.5) is 0 Å². The number of ether oxygens (including phenoxy) is 4. The minimum absolute atomic E-state index is 0.133. The van der Waals surface area contributed by atoms with Gasteiger partial charge in [0, 0.05) is 32.8 Å². The number of nitrogens with zero attached hydrogens (tertiary/aromatic N) is 2. The highest BCUT2D eigenvalue weighted by Gasteiger charge is 2.37. The first kappa shape index (κ1) is 33.1. The minimum atomic E-state index is -0.934. The van der Waals surface area contributed by atoms with Gasteiger partial charge in [0.05, 0.1) is 36.6 Å². The Morgan fingerprint density at radius 1 is 0.917 bits per heavy atom. The van der Waals surface area contributed by atoms with Crippen LogP contribution in [0.25, 0.3) is 11.8 Å². The van der Waals surface area contributed by atoms with Gasteiger partial charge >= 0.3 is 5.97 Å². The lowest BCUT2D eigenvalue weighted by Crippen LogP contribution is -2.40. The van der Waals surface area contributed by atoms with Crippen molar-refractivity contribution in [3.63, 3.8) is 0 Å². The molecule has 0 spiro atoms. The average molecular weight is 702 g/mol. The highest BCUT2D eigenvalue weighted by Crippen LogP contribution is 2.40. The molecule has 11 heteroatoms. The number of hydrogen-bond donors (Lipinski definition) is 0. The van der Waals surface area contributed by atoms with Crippen molar-refractivity contribution < 1.29 is 23.7 Å². The fourth-order valence-electron chi connectivity index (χ4n) is 5.47. The van der Waals surface area contributed by atoms with Crippen molar-refractivity contribution in [1.29, 1.82) is 0 Å². The molecule has 1 atom stereocenters. The zero-order valence-corrected chi connectivity index (χ0v) is 28.6. The SMILES string of the molecule is CCOC(=O)C1=C(c2ccccc2)N=c2s/c(=C\c3cc(Cl)ccc3OCc3cccc(Cl)c3)c(=O)n2[C@@H]1c1ccc(OC)cc1OC. The van der Waals surface area contributed by atoms with E-state index in [0.29, 0.717) is 59.0 Å². The zero-order chi connectivity index (χ0) is 33.8. The van der Waals surface area contributed by atoms with Gasteiger partial charge in [-0.05, 0) is 61.0 Å². The molecule has 1 aliphatic rings. The van der Waals surface area contributed by atoms with E-state index in [1.807, 2.05) is 48.5 Å². The third-order valence-electron chi connectivity index (χ3n) is 7.65. The maximum Gasteiger partial charge on any atom is 0.338 e. The van der Waals surface area contributed by atoms with E-state index < -0.39 is 12.0 Å². The first-order chi connectivity index (χ1) is 23.3. The first-order valence-corrected chi connectivity index (χ1v) is 16.6. The molecule has 0 aliphatic carbocycles. The molecule has 244 valence electrons. The second kappa shape index (κ2) is 14.5. The first-order valence-electron chi connectivity index (χ1n) is 15.0. The van der Waals surface area contributed by atoms with Crippen LogP contribution in [0.2, 0.25) is 10.0 Å². The van der Waals surface area contributed by atoms with Crippen LogP contribution in [0, 0.1) is 0 Å². The topological polar surface area (TPSA) is 88.4 Å². The predicted octanol–water partition coefficient (Wildman–Crippen LogP) is 6.84. The maximum absolute atomic E-state index is 14.5. The molecule has 0 N–H and O–H groups in total. The third-order valence-corrected chi connectivity index (χ3v) is 9.10. The van der Waals surface area contributed by atoms with Crippen LogP contribution in [-0.4, -0.2) is 31.4 Å². The molecule has 1 aliphatic heterocycles. The van der Waals surface area contributed by atoms with Gasteiger partial charge in [-0.25, -0.2) is 9.79 Å². The van der Waals surface area contributed by atoms with Crippen molar-refractivity contribution in [2.24, 2.45) is 4.99 Å². The van der Waals surface area contributed by atoms with E-state index in [4.69, 9.17) is 47.1 Å². The van der Waals surface area contributed by atoms with Gasteiger partial charge in [0.15, 0.2) is 4.80 Å². The minimum Gasteiger partial charge on any atom is -0.497 e. The van der Waals surface area contributed by atoms with Gasteiger partial charge in [-0.3, -0.25) is 9.36 Å². The van der Waals surface area contributed by atoms with Gasteiger partial charge in [0.1, 0.15) is 29.9 Å². The molecule has 0 unspecified atom stereocenters. The lowest BCUT2D eigenvalue weighted by molar-refractivity contribution is -0.138. The Morgan fingerprint density at radius 2 is 1.71 bits per heavy atom. The number of methoxy groups -OCH3 is 2. The highest BCUT2D eigenvalue weighted by atomic mass is 35.5. The standard InChI is InChI=1S/C37H30Cl2N2O6S/c1-4-46-36(43)32-33(23-10-6-5-7-11-23)40-37-41(34(32)28-15-14-27(44-2)20-30(28)45-3)35(42)31(48-37)19-24-18-26(39)13-16-29(24)47-21-22-9-8-12-25(38)17-22/h5-20,34H,4,21H2,1-3H3/b31-19-/t34-/m1/s1. The summed E-state index contributed by atoms with van der Waals surface area (Å²) < 4.78 is 24.8. The molecule has 1 aromatic heterocycles. The van der Waals surface area contributed by atoms with Gasteiger partial charge < -0.3 is 18.9 Å². The lowest BCUT2D eigenvalue weighted by atomic mass is 9.92. The summed E-state index contributed by atoms with van der Waals surface area (Å²) >= 11 is 13.8. The Labute approximate surface area is 290 Å². The molecule has 6 rings (SSSR count). The van der Waals surface area contributed by atoms with Crippen LogP contribution < -0.4 is 29.1 Å². The summed E-state index contributed by atoms with van der Waals surface area (Å²) in [5.74, 6) is 0.912. The largest absolute Gasteiger partial charge is 0.497 e. The van der Waals surface area contributed by atoms with Crippen molar-refractivity contribution in [2.75, 3.05) is 20.8 Å². The predicted molar refractivity (Wildman–Crippen MR) is 188 cm³/mol. The van der Waals surface area contributed by atoms with E-state index in [9.17, 15) is 9.59 Å². The number of fused-ring (bicyclic) bond motifs is 1. The smallest absolute Gasteiger partial charge is 0.338 e. The number of aromatic nitrogens is 1. The van der Waals surface area contributed by atoms with Crippen LogP contribution in [0.1, 0.15) is 35.2 Å². The quantitative estimate of drug-likeness (QED) is 0.148. The Kier molecular flexibility index (Phi) is 10.0. The van der Waals surface area contributed by atoms with Crippen molar-refractivity contribution >= 4 is 52.3 Å². The van der Waals surface area contributed by atoms with Crippen LogP contribution in [0.15, 0.2) is 106 Å². The monoisotopic (exact) mass is 700 g/mol. The summed E-state index contributed by atoms with van der Waals surface area (Å²) in [4.78, 5) is 33.6. The van der Waals surface area contributed by atoms with Crippen LogP contribution in [-0.2, 0) is 16.1 Å². The summed E-state index contributed by atoms with van der Waals surface area (Å²) in [7, 11) is 3.08. The van der Waals surface area contributed by atoms with E-state index in [1.165, 1.54) is 23.0 Å².